The van der Waals surface area contributed by atoms with Crippen LogP contribution in [0.2, 0.25) is 0 Å². The number of carbonyl (C=O) groups excluding carboxylic acids is 1. The summed E-state index contributed by atoms with van der Waals surface area (Å²) in [5.41, 5.74) is 0.674. The third kappa shape index (κ3) is 5.00. The standard InChI is InChI=1S/C21H25N3O7S/c1-14-4-5-17(24(26)27)12-20(14)32(28,29)23-8-6-15(7-9-23)21(25)22-16-10-18(30-2)13-19(11-16)31-3/h4-5,10-13,15H,6-9H2,1-3H3,(H,22,25). The van der Waals surface area contributed by atoms with Crippen molar-refractivity contribution in [2.75, 3.05) is 32.6 Å². The quantitative estimate of drug-likeness (QED) is 0.494. The van der Waals surface area contributed by atoms with Crippen molar-refractivity contribution >= 4 is 27.3 Å². The SMILES string of the molecule is COc1cc(NC(=O)C2CCN(S(=O)(=O)c3cc([N+](=O)[O-])ccc3C)CC2)cc(OC)c1. The highest BCUT2D eigenvalue weighted by Crippen LogP contribution is 2.30. The van der Waals surface area contributed by atoms with Gasteiger partial charge in [0.25, 0.3) is 5.69 Å². The van der Waals surface area contributed by atoms with Gasteiger partial charge in [-0.1, -0.05) is 6.07 Å². The molecule has 0 radical (unpaired) electrons. The first-order valence-electron chi connectivity index (χ1n) is 9.95. The largest absolute Gasteiger partial charge is 0.497 e. The van der Waals surface area contributed by atoms with Crippen molar-refractivity contribution in [1.82, 2.24) is 4.31 Å². The molecule has 172 valence electrons. The van der Waals surface area contributed by atoms with Gasteiger partial charge in [-0.2, -0.15) is 4.31 Å². The van der Waals surface area contributed by atoms with E-state index in [1.807, 2.05) is 0 Å². The Morgan fingerprint density at radius 3 is 2.22 bits per heavy atom. The summed E-state index contributed by atoms with van der Waals surface area (Å²) in [5.74, 6) is 0.481. The molecule has 3 rings (SSSR count). The second-order valence-corrected chi connectivity index (χ2v) is 9.38. The Morgan fingerprint density at radius 1 is 1.09 bits per heavy atom. The number of nitrogens with zero attached hydrogens (tertiary/aromatic N) is 2. The molecule has 0 aromatic heterocycles. The number of anilines is 1. The number of amides is 1. The molecular weight excluding hydrogens is 438 g/mol. The van der Waals surface area contributed by atoms with Crippen LogP contribution in [0.25, 0.3) is 0 Å². The number of rotatable bonds is 7. The Balaban J connectivity index is 1.69. The van der Waals surface area contributed by atoms with Gasteiger partial charge in [-0.25, -0.2) is 8.42 Å². The number of methoxy groups -OCH3 is 2. The highest BCUT2D eigenvalue weighted by Gasteiger charge is 2.33. The molecule has 10 nitrogen and oxygen atoms in total. The van der Waals surface area contributed by atoms with Crippen molar-refractivity contribution in [2.45, 2.75) is 24.7 Å². The van der Waals surface area contributed by atoms with E-state index in [2.05, 4.69) is 5.32 Å². The molecule has 2 aromatic carbocycles. The summed E-state index contributed by atoms with van der Waals surface area (Å²) in [6.07, 6.45) is 0.667. The van der Waals surface area contributed by atoms with Crippen molar-refractivity contribution in [1.29, 1.82) is 0 Å². The molecular formula is C21H25N3O7S. The maximum Gasteiger partial charge on any atom is 0.270 e. The third-order valence-electron chi connectivity index (χ3n) is 5.44. The highest BCUT2D eigenvalue weighted by molar-refractivity contribution is 7.89. The van der Waals surface area contributed by atoms with Gasteiger partial charge in [0.15, 0.2) is 0 Å². The van der Waals surface area contributed by atoms with E-state index in [1.54, 1.807) is 25.1 Å². The first-order valence-corrected chi connectivity index (χ1v) is 11.4. The number of carbonyl (C=O) groups is 1. The molecule has 1 amide bonds. The van der Waals surface area contributed by atoms with E-state index < -0.39 is 14.9 Å². The zero-order valence-electron chi connectivity index (χ0n) is 18.0. The van der Waals surface area contributed by atoms with E-state index in [0.29, 0.717) is 35.6 Å². The summed E-state index contributed by atoms with van der Waals surface area (Å²) < 4.78 is 37.8. The van der Waals surface area contributed by atoms with Gasteiger partial charge in [0.05, 0.1) is 24.0 Å². The van der Waals surface area contributed by atoms with Gasteiger partial charge in [-0.15, -0.1) is 0 Å². The molecule has 1 aliphatic heterocycles. The summed E-state index contributed by atoms with van der Waals surface area (Å²) >= 11 is 0. The van der Waals surface area contributed by atoms with Gasteiger partial charge in [0.1, 0.15) is 11.5 Å². The Kier molecular flexibility index (Phi) is 6.99. The number of sulfonamides is 1. The van der Waals surface area contributed by atoms with E-state index in [9.17, 15) is 23.3 Å². The van der Waals surface area contributed by atoms with Crippen LogP contribution in [-0.4, -0.2) is 50.9 Å². The van der Waals surface area contributed by atoms with Gasteiger partial charge in [0.2, 0.25) is 15.9 Å². The molecule has 1 aliphatic rings. The fourth-order valence-electron chi connectivity index (χ4n) is 3.60. The van der Waals surface area contributed by atoms with E-state index in [0.717, 1.165) is 6.07 Å². The molecule has 2 aromatic rings. The van der Waals surface area contributed by atoms with Crippen LogP contribution in [0, 0.1) is 23.0 Å². The van der Waals surface area contributed by atoms with E-state index in [-0.39, 0.29) is 35.5 Å². The Labute approximate surface area is 186 Å². The van der Waals surface area contributed by atoms with Crippen molar-refractivity contribution < 1.29 is 27.6 Å². The minimum atomic E-state index is -3.91. The molecule has 0 atom stereocenters. The number of hydrogen-bond acceptors (Lipinski definition) is 7. The topological polar surface area (TPSA) is 128 Å². The molecule has 0 aliphatic carbocycles. The van der Waals surface area contributed by atoms with E-state index >= 15 is 0 Å². The molecule has 1 heterocycles. The predicted molar refractivity (Wildman–Crippen MR) is 117 cm³/mol. The lowest BCUT2D eigenvalue weighted by molar-refractivity contribution is -0.385. The van der Waals surface area contributed by atoms with E-state index in [4.69, 9.17) is 9.47 Å². The van der Waals surface area contributed by atoms with Gasteiger partial charge in [-0.05, 0) is 25.3 Å². The summed E-state index contributed by atoms with van der Waals surface area (Å²) in [5, 5.41) is 13.9. The molecule has 1 N–H and O–H groups in total. The van der Waals surface area contributed by atoms with E-state index in [1.165, 1.54) is 30.7 Å². The average Bonchev–Trinajstić information content (AvgIpc) is 2.78. The third-order valence-corrected chi connectivity index (χ3v) is 7.48. The number of piperidine rings is 1. The number of nitro groups is 1. The number of nitro benzene ring substituents is 1. The maximum atomic E-state index is 13.1. The van der Waals surface area contributed by atoms with Crippen molar-refractivity contribution in [3.05, 3.63) is 52.1 Å². The van der Waals surface area contributed by atoms with Crippen LogP contribution >= 0.6 is 0 Å². The first kappa shape index (κ1) is 23.5. The second kappa shape index (κ2) is 9.53. The van der Waals surface area contributed by atoms with Crippen LogP contribution < -0.4 is 14.8 Å². The monoisotopic (exact) mass is 463 g/mol. The minimum Gasteiger partial charge on any atom is -0.497 e. The van der Waals surface area contributed by atoms with Crippen LogP contribution in [0.5, 0.6) is 11.5 Å². The van der Waals surface area contributed by atoms with Crippen LogP contribution in [0.4, 0.5) is 11.4 Å². The lowest BCUT2D eigenvalue weighted by Crippen LogP contribution is -2.41. The molecule has 32 heavy (non-hydrogen) atoms. The fraction of sp³-hybridized carbons (Fsp3) is 0.381. The molecule has 0 saturated carbocycles. The minimum absolute atomic E-state index is 0.0851. The number of hydrogen-bond donors (Lipinski definition) is 1. The van der Waals surface area contributed by atoms with Crippen molar-refractivity contribution in [3.63, 3.8) is 0 Å². The molecule has 0 unspecified atom stereocenters. The molecule has 0 bridgehead atoms. The van der Waals surface area contributed by atoms with Crippen LogP contribution in [0.3, 0.4) is 0 Å². The Morgan fingerprint density at radius 2 is 1.69 bits per heavy atom. The fourth-order valence-corrected chi connectivity index (χ4v) is 5.32. The smallest absolute Gasteiger partial charge is 0.270 e. The van der Waals surface area contributed by atoms with Crippen LogP contribution in [-0.2, 0) is 14.8 Å². The number of non-ortho nitro benzene ring substituents is 1. The van der Waals surface area contributed by atoms with Crippen LogP contribution in [0.15, 0.2) is 41.3 Å². The maximum absolute atomic E-state index is 13.1. The lowest BCUT2D eigenvalue weighted by atomic mass is 9.97. The van der Waals surface area contributed by atoms with Gasteiger partial charge >= 0.3 is 0 Å². The Hall–Kier alpha value is -3.18. The zero-order valence-corrected chi connectivity index (χ0v) is 18.8. The summed E-state index contributed by atoms with van der Waals surface area (Å²) in [4.78, 5) is 23.1. The molecule has 1 fully saturated rings. The molecule has 1 saturated heterocycles. The predicted octanol–water partition coefficient (Wildman–Crippen LogP) is 2.96. The Bertz CT molecular complexity index is 1100. The van der Waals surface area contributed by atoms with Crippen molar-refractivity contribution in [3.8, 4) is 11.5 Å². The van der Waals surface area contributed by atoms with Gasteiger partial charge < -0.3 is 14.8 Å². The normalized spacial score (nSPS) is 15.2. The average molecular weight is 464 g/mol. The second-order valence-electron chi connectivity index (χ2n) is 7.48. The zero-order chi connectivity index (χ0) is 23.5. The number of benzene rings is 2. The molecule has 0 spiro atoms. The lowest BCUT2D eigenvalue weighted by Gasteiger charge is -2.31. The van der Waals surface area contributed by atoms with Crippen LogP contribution in [0.1, 0.15) is 18.4 Å². The summed E-state index contributed by atoms with van der Waals surface area (Å²) in [7, 11) is -0.884. The van der Waals surface area contributed by atoms with Gasteiger partial charge in [0, 0.05) is 55.0 Å². The summed E-state index contributed by atoms with van der Waals surface area (Å²) in [6, 6.07) is 8.82. The summed E-state index contributed by atoms with van der Waals surface area (Å²) in [6.45, 7) is 1.88. The highest BCUT2D eigenvalue weighted by atomic mass is 32.2. The first-order chi connectivity index (χ1) is 15.1. The number of aryl methyl sites for hydroxylation is 1. The number of nitrogens with one attached hydrogen (secondary N) is 1. The number of ether oxygens (including phenoxy) is 2. The van der Waals surface area contributed by atoms with Crippen molar-refractivity contribution in [2.24, 2.45) is 5.92 Å². The van der Waals surface area contributed by atoms with Gasteiger partial charge in [-0.3, -0.25) is 14.9 Å². The molecule has 11 heteroatoms.